The van der Waals surface area contributed by atoms with Crippen LogP contribution in [0.15, 0.2) is 54.6 Å². The van der Waals surface area contributed by atoms with Crippen molar-refractivity contribution in [2.45, 2.75) is 13.2 Å². The van der Waals surface area contributed by atoms with Crippen molar-refractivity contribution in [1.82, 2.24) is 5.32 Å². The van der Waals surface area contributed by atoms with Gasteiger partial charge in [0.2, 0.25) is 0 Å². The van der Waals surface area contributed by atoms with E-state index in [1.807, 2.05) is 30.3 Å². The highest BCUT2D eigenvalue weighted by atomic mass is 19.1. The number of hydrogen-bond donors (Lipinski definition) is 2. The fraction of sp³-hybridized carbons (Fsp3) is 0.167. The van der Waals surface area contributed by atoms with E-state index in [0.29, 0.717) is 12.1 Å². The number of carbonyl (C=O) groups is 1. The molecule has 4 nitrogen and oxygen atoms in total. The normalized spacial score (nSPS) is 10.7. The smallest absolute Gasteiger partial charge is 0.407 e. The third kappa shape index (κ3) is 5.56. The molecule has 2 aromatic rings. The zero-order valence-corrected chi connectivity index (χ0v) is 12.7. The molecule has 0 unspecified atom stereocenters. The van der Waals surface area contributed by atoms with Crippen molar-refractivity contribution in [3.05, 3.63) is 77.1 Å². The van der Waals surface area contributed by atoms with Crippen LogP contribution in [0.5, 0.6) is 0 Å². The molecule has 0 saturated heterocycles. The number of halogens is 1. The van der Waals surface area contributed by atoms with Crippen molar-refractivity contribution in [1.29, 1.82) is 0 Å². The Labute approximate surface area is 134 Å². The molecule has 0 aliphatic rings. The predicted octanol–water partition coefficient (Wildman–Crippen LogP) is 3.22. The van der Waals surface area contributed by atoms with Gasteiger partial charge in [-0.3, -0.25) is 0 Å². The maximum atomic E-state index is 13.1. The van der Waals surface area contributed by atoms with Gasteiger partial charge >= 0.3 is 6.09 Å². The van der Waals surface area contributed by atoms with Gasteiger partial charge in [0.05, 0.1) is 0 Å². The lowest BCUT2D eigenvalue weighted by molar-refractivity contribution is 0.141. The molecule has 0 bridgehead atoms. The molecule has 120 valence electrons. The molecule has 0 heterocycles. The Hall–Kier alpha value is -2.66. The second-order valence-electron chi connectivity index (χ2n) is 4.89. The average molecular weight is 314 g/mol. The van der Waals surface area contributed by atoms with Crippen LogP contribution in [0.4, 0.5) is 9.18 Å². The van der Waals surface area contributed by atoms with Crippen LogP contribution in [-0.4, -0.2) is 12.6 Å². The summed E-state index contributed by atoms with van der Waals surface area (Å²) in [6, 6.07) is 13.9. The lowest BCUT2D eigenvalue weighted by Gasteiger charge is -2.06. The first-order valence-corrected chi connectivity index (χ1v) is 7.28. The molecule has 0 radical (unpaired) electrons. The summed E-state index contributed by atoms with van der Waals surface area (Å²) in [5.41, 5.74) is 8.05. The van der Waals surface area contributed by atoms with Crippen LogP contribution in [-0.2, 0) is 17.9 Å². The standard InChI is InChI=1S/C18H19FN2O2/c19-17-9-8-15(16(11-17)12-20)7-4-10-21-18(22)23-13-14-5-2-1-3-6-14/h1-9,11H,10,12-13,20H2,(H,21,22). The number of nitrogens with one attached hydrogen (secondary N) is 1. The minimum atomic E-state index is -0.489. The molecular weight excluding hydrogens is 295 g/mol. The van der Waals surface area contributed by atoms with Crippen LogP contribution in [0.3, 0.4) is 0 Å². The summed E-state index contributed by atoms with van der Waals surface area (Å²) >= 11 is 0. The summed E-state index contributed by atoms with van der Waals surface area (Å²) in [6.45, 7) is 0.796. The van der Waals surface area contributed by atoms with E-state index in [-0.39, 0.29) is 19.0 Å². The minimum absolute atomic E-state index is 0.228. The van der Waals surface area contributed by atoms with Crippen molar-refractivity contribution < 1.29 is 13.9 Å². The number of amides is 1. The first-order valence-electron chi connectivity index (χ1n) is 7.28. The lowest BCUT2D eigenvalue weighted by atomic mass is 10.1. The van der Waals surface area contributed by atoms with E-state index in [4.69, 9.17) is 10.5 Å². The van der Waals surface area contributed by atoms with E-state index < -0.39 is 6.09 Å². The van der Waals surface area contributed by atoms with Crippen molar-refractivity contribution >= 4 is 12.2 Å². The van der Waals surface area contributed by atoms with Crippen LogP contribution in [0, 0.1) is 5.82 Å². The van der Waals surface area contributed by atoms with Crippen molar-refractivity contribution in [2.24, 2.45) is 5.73 Å². The second-order valence-corrected chi connectivity index (χ2v) is 4.89. The monoisotopic (exact) mass is 314 g/mol. The molecule has 3 N–H and O–H groups in total. The van der Waals surface area contributed by atoms with Crippen molar-refractivity contribution in [3.8, 4) is 0 Å². The maximum absolute atomic E-state index is 13.1. The van der Waals surface area contributed by atoms with Gasteiger partial charge in [0.1, 0.15) is 12.4 Å². The first kappa shape index (κ1) is 16.7. The second kappa shape index (κ2) is 8.70. The Bertz CT molecular complexity index is 672. The van der Waals surface area contributed by atoms with Crippen molar-refractivity contribution in [2.75, 3.05) is 6.54 Å². The highest BCUT2D eigenvalue weighted by Gasteiger charge is 2.01. The summed E-state index contributed by atoms with van der Waals surface area (Å²) in [5.74, 6) is -0.315. The number of ether oxygens (including phenoxy) is 1. The van der Waals surface area contributed by atoms with E-state index in [2.05, 4.69) is 5.32 Å². The van der Waals surface area contributed by atoms with Gasteiger partial charge in [-0.1, -0.05) is 48.6 Å². The Morgan fingerprint density at radius 1 is 1.22 bits per heavy atom. The van der Waals surface area contributed by atoms with Gasteiger partial charge in [-0.05, 0) is 28.8 Å². The van der Waals surface area contributed by atoms with Gasteiger partial charge in [0.25, 0.3) is 0 Å². The quantitative estimate of drug-likeness (QED) is 0.860. The predicted molar refractivity (Wildman–Crippen MR) is 88.0 cm³/mol. The van der Waals surface area contributed by atoms with E-state index in [1.165, 1.54) is 12.1 Å². The Morgan fingerprint density at radius 3 is 2.74 bits per heavy atom. The molecule has 2 rings (SSSR count). The third-order valence-electron chi connectivity index (χ3n) is 3.20. The Kier molecular flexibility index (Phi) is 6.32. The number of alkyl carbamates (subject to hydrolysis) is 1. The maximum Gasteiger partial charge on any atom is 0.407 e. The molecule has 0 fully saturated rings. The topological polar surface area (TPSA) is 64.3 Å². The average Bonchev–Trinajstić information content (AvgIpc) is 2.58. The van der Waals surface area contributed by atoms with E-state index in [9.17, 15) is 9.18 Å². The molecule has 2 aromatic carbocycles. The highest BCUT2D eigenvalue weighted by Crippen LogP contribution is 2.12. The summed E-state index contributed by atoms with van der Waals surface area (Å²) in [5, 5.41) is 2.62. The third-order valence-corrected chi connectivity index (χ3v) is 3.20. The number of hydrogen-bond acceptors (Lipinski definition) is 3. The molecule has 1 amide bonds. The van der Waals surface area contributed by atoms with Gasteiger partial charge in [0, 0.05) is 13.1 Å². The largest absolute Gasteiger partial charge is 0.445 e. The Morgan fingerprint density at radius 2 is 2.00 bits per heavy atom. The SMILES string of the molecule is NCc1cc(F)ccc1C=CCNC(=O)OCc1ccccc1. The van der Waals surface area contributed by atoms with E-state index in [0.717, 1.165) is 11.1 Å². The molecule has 0 aliphatic carbocycles. The van der Waals surface area contributed by atoms with Gasteiger partial charge in [-0.15, -0.1) is 0 Å². The molecule has 0 saturated carbocycles. The van der Waals surface area contributed by atoms with E-state index >= 15 is 0 Å². The summed E-state index contributed by atoms with van der Waals surface area (Å²) in [6.07, 6.45) is 3.06. The summed E-state index contributed by atoms with van der Waals surface area (Å²) < 4.78 is 18.2. The van der Waals surface area contributed by atoms with Gasteiger partial charge in [0.15, 0.2) is 0 Å². The number of rotatable bonds is 6. The lowest BCUT2D eigenvalue weighted by Crippen LogP contribution is -2.24. The minimum Gasteiger partial charge on any atom is -0.445 e. The zero-order valence-electron chi connectivity index (χ0n) is 12.7. The van der Waals surface area contributed by atoms with Gasteiger partial charge in [-0.2, -0.15) is 0 Å². The molecule has 0 aliphatic heterocycles. The van der Waals surface area contributed by atoms with Crippen LogP contribution in [0.2, 0.25) is 0 Å². The summed E-state index contributed by atoms with van der Waals surface area (Å²) in [4.78, 5) is 11.6. The molecule has 0 atom stereocenters. The molecule has 0 spiro atoms. The van der Waals surface area contributed by atoms with Crippen LogP contribution >= 0.6 is 0 Å². The first-order chi connectivity index (χ1) is 11.2. The fourth-order valence-electron chi connectivity index (χ4n) is 2.02. The number of benzene rings is 2. The van der Waals surface area contributed by atoms with Crippen LogP contribution in [0.1, 0.15) is 16.7 Å². The van der Waals surface area contributed by atoms with Gasteiger partial charge < -0.3 is 15.8 Å². The van der Waals surface area contributed by atoms with Gasteiger partial charge in [-0.25, -0.2) is 9.18 Å². The highest BCUT2D eigenvalue weighted by molar-refractivity contribution is 5.67. The number of nitrogens with two attached hydrogens (primary N) is 1. The molecular formula is C18H19FN2O2. The van der Waals surface area contributed by atoms with Crippen LogP contribution in [0.25, 0.3) is 6.08 Å². The Balaban J connectivity index is 1.77. The van der Waals surface area contributed by atoms with Crippen LogP contribution < -0.4 is 11.1 Å². The molecule has 5 heteroatoms. The molecule has 23 heavy (non-hydrogen) atoms. The molecule has 0 aromatic heterocycles. The number of carbonyl (C=O) groups excluding carboxylic acids is 1. The summed E-state index contributed by atoms with van der Waals surface area (Å²) in [7, 11) is 0. The van der Waals surface area contributed by atoms with E-state index in [1.54, 1.807) is 18.2 Å². The zero-order chi connectivity index (χ0) is 16.5. The van der Waals surface area contributed by atoms with Crippen molar-refractivity contribution in [3.63, 3.8) is 0 Å². The fourth-order valence-corrected chi connectivity index (χ4v) is 2.02.